The smallest absolute Gasteiger partial charge is 0.200 e. The summed E-state index contributed by atoms with van der Waals surface area (Å²) in [7, 11) is 0. The molecule has 3 heterocycles. The first-order valence-electron chi connectivity index (χ1n) is 6.64. The predicted octanol–water partition coefficient (Wildman–Crippen LogP) is 1.79. The first-order chi connectivity index (χ1) is 8.27. The van der Waals surface area contributed by atoms with E-state index in [-0.39, 0.29) is 18.3 Å². The molecule has 0 bridgehead atoms. The molecule has 0 radical (unpaired) electrons. The number of fused-ring (bicyclic) bond motifs is 3. The van der Waals surface area contributed by atoms with Crippen LogP contribution in [0.2, 0.25) is 0 Å². The Balaban J connectivity index is 1.90. The standard InChI is InChI=1S/C13H22O5/c1-6-13-10(17-12(4,5)18-13)9-8(7-14-13)15-11(2,3)16-9/h8-10H,6-7H2,1-5H3. The first kappa shape index (κ1) is 12.8. The Morgan fingerprint density at radius 2 is 1.72 bits per heavy atom. The molecule has 4 atom stereocenters. The van der Waals surface area contributed by atoms with Crippen LogP contribution in [0.25, 0.3) is 0 Å². The summed E-state index contributed by atoms with van der Waals surface area (Å²) in [6.07, 6.45) is 0.282. The Morgan fingerprint density at radius 3 is 2.39 bits per heavy atom. The number of rotatable bonds is 1. The van der Waals surface area contributed by atoms with Gasteiger partial charge in [-0.05, 0) is 27.7 Å². The van der Waals surface area contributed by atoms with Crippen molar-refractivity contribution in [3.05, 3.63) is 0 Å². The molecule has 0 aromatic carbocycles. The molecule has 3 fully saturated rings. The van der Waals surface area contributed by atoms with Gasteiger partial charge in [0, 0.05) is 6.42 Å². The number of hydrogen-bond donors (Lipinski definition) is 0. The zero-order valence-electron chi connectivity index (χ0n) is 11.7. The predicted molar refractivity (Wildman–Crippen MR) is 62.8 cm³/mol. The maximum atomic E-state index is 6.00. The summed E-state index contributed by atoms with van der Waals surface area (Å²) in [6, 6.07) is 0. The van der Waals surface area contributed by atoms with E-state index >= 15 is 0 Å². The summed E-state index contributed by atoms with van der Waals surface area (Å²) < 4.78 is 29.7. The molecule has 0 aromatic rings. The lowest BCUT2D eigenvalue weighted by molar-refractivity contribution is -0.282. The molecule has 3 saturated heterocycles. The minimum Gasteiger partial charge on any atom is -0.344 e. The van der Waals surface area contributed by atoms with Crippen molar-refractivity contribution in [2.45, 2.75) is 76.7 Å². The van der Waals surface area contributed by atoms with E-state index in [2.05, 4.69) is 0 Å². The topological polar surface area (TPSA) is 46.2 Å². The third-order valence-electron chi connectivity index (χ3n) is 3.77. The van der Waals surface area contributed by atoms with Crippen LogP contribution >= 0.6 is 0 Å². The molecule has 18 heavy (non-hydrogen) atoms. The molecular weight excluding hydrogens is 236 g/mol. The van der Waals surface area contributed by atoms with Crippen molar-refractivity contribution in [3.8, 4) is 0 Å². The van der Waals surface area contributed by atoms with Crippen LogP contribution in [0.1, 0.15) is 41.0 Å². The van der Waals surface area contributed by atoms with E-state index < -0.39 is 17.4 Å². The van der Waals surface area contributed by atoms with Crippen LogP contribution in [0.3, 0.4) is 0 Å². The molecule has 0 spiro atoms. The summed E-state index contributed by atoms with van der Waals surface area (Å²) in [5, 5.41) is 0. The quantitative estimate of drug-likeness (QED) is 0.717. The lowest BCUT2D eigenvalue weighted by Crippen LogP contribution is -2.58. The van der Waals surface area contributed by atoms with Gasteiger partial charge in [0.15, 0.2) is 17.4 Å². The summed E-state index contributed by atoms with van der Waals surface area (Å²) in [6.45, 7) is 10.2. The van der Waals surface area contributed by atoms with Gasteiger partial charge >= 0.3 is 0 Å². The second-order valence-corrected chi connectivity index (χ2v) is 6.16. The van der Waals surface area contributed by atoms with Crippen LogP contribution in [-0.4, -0.2) is 42.3 Å². The molecular formula is C13H22O5. The van der Waals surface area contributed by atoms with Gasteiger partial charge in [0.2, 0.25) is 0 Å². The fraction of sp³-hybridized carbons (Fsp3) is 1.00. The molecule has 0 aromatic heterocycles. The summed E-state index contributed by atoms with van der Waals surface area (Å²) in [5.74, 6) is -1.93. The number of hydrogen-bond acceptors (Lipinski definition) is 5. The van der Waals surface area contributed by atoms with Crippen molar-refractivity contribution in [1.82, 2.24) is 0 Å². The SMILES string of the molecule is CCC12OCC3OC(C)(C)OC3C1OC(C)(C)O2. The van der Waals surface area contributed by atoms with Crippen LogP contribution in [0.15, 0.2) is 0 Å². The minimum absolute atomic E-state index is 0.0813. The Bertz CT molecular complexity index is 353. The second-order valence-electron chi connectivity index (χ2n) is 6.16. The van der Waals surface area contributed by atoms with E-state index in [9.17, 15) is 0 Å². The van der Waals surface area contributed by atoms with Crippen molar-refractivity contribution >= 4 is 0 Å². The van der Waals surface area contributed by atoms with Crippen LogP contribution in [0, 0.1) is 0 Å². The fourth-order valence-electron chi connectivity index (χ4n) is 3.17. The van der Waals surface area contributed by atoms with Gasteiger partial charge in [0.1, 0.15) is 18.3 Å². The molecule has 0 aliphatic carbocycles. The van der Waals surface area contributed by atoms with Crippen molar-refractivity contribution in [2.24, 2.45) is 0 Å². The molecule has 5 heteroatoms. The zero-order chi connectivity index (χ0) is 13.2. The van der Waals surface area contributed by atoms with E-state index in [1.165, 1.54) is 0 Å². The van der Waals surface area contributed by atoms with E-state index in [1.807, 2.05) is 34.6 Å². The van der Waals surface area contributed by atoms with E-state index in [0.29, 0.717) is 6.61 Å². The van der Waals surface area contributed by atoms with Crippen molar-refractivity contribution in [3.63, 3.8) is 0 Å². The average molecular weight is 258 g/mol. The highest BCUT2D eigenvalue weighted by molar-refractivity contribution is 5.02. The van der Waals surface area contributed by atoms with Crippen molar-refractivity contribution < 1.29 is 23.7 Å². The molecule has 104 valence electrons. The lowest BCUT2D eigenvalue weighted by Gasteiger charge is -2.40. The first-order valence-corrected chi connectivity index (χ1v) is 6.64. The Hall–Kier alpha value is -0.200. The molecule has 4 unspecified atom stereocenters. The van der Waals surface area contributed by atoms with Crippen LogP contribution < -0.4 is 0 Å². The van der Waals surface area contributed by atoms with Gasteiger partial charge in [-0.25, -0.2) is 0 Å². The van der Waals surface area contributed by atoms with Gasteiger partial charge in [-0.1, -0.05) is 6.92 Å². The van der Waals surface area contributed by atoms with Gasteiger partial charge in [0.25, 0.3) is 0 Å². The van der Waals surface area contributed by atoms with Crippen LogP contribution in [0.4, 0.5) is 0 Å². The maximum absolute atomic E-state index is 6.00. The zero-order valence-corrected chi connectivity index (χ0v) is 11.7. The summed E-state index contributed by atoms with van der Waals surface area (Å²) in [4.78, 5) is 0. The third-order valence-corrected chi connectivity index (χ3v) is 3.77. The third kappa shape index (κ3) is 1.80. The highest BCUT2D eigenvalue weighted by atomic mass is 16.9. The largest absolute Gasteiger partial charge is 0.344 e. The van der Waals surface area contributed by atoms with E-state index in [4.69, 9.17) is 23.7 Å². The lowest BCUT2D eigenvalue weighted by atomic mass is 9.95. The van der Waals surface area contributed by atoms with Crippen LogP contribution in [0.5, 0.6) is 0 Å². The van der Waals surface area contributed by atoms with E-state index in [0.717, 1.165) is 6.42 Å². The minimum atomic E-state index is -0.700. The molecule has 3 aliphatic heterocycles. The molecule has 3 rings (SSSR count). The van der Waals surface area contributed by atoms with E-state index in [1.54, 1.807) is 0 Å². The summed E-state index contributed by atoms with van der Waals surface area (Å²) in [5.41, 5.74) is 0. The van der Waals surface area contributed by atoms with Gasteiger partial charge in [0.05, 0.1) is 6.61 Å². The Kier molecular flexibility index (Phi) is 2.61. The maximum Gasteiger partial charge on any atom is 0.200 e. The molecule has 5 nitrogen and oxygen atoms in total. The molecule has 0 amide bonds. The van der Waals surface area contributed by atoms with Gasteiger partial charge in [-0.2, -0.15) is 0 Å². The molecule has 0 N–H and O–H groups in total. The number of ether oxygens (including phenoxy) is 5. The highest BCUT2D eigenvalue weighted by Gasteiger charge is 2.64. The normalized spacial score (nSPS) is 48.8. The van der Waals surface area contributed by atoms with Gasteiger partial charge < -0.3 is 23.7 Å². The Morgan fingerprint density at radius 1 is 1.00 bits per heavy atom. The fourth-order valence-corrected chi connectivity index (χ4v) is 3.17. The van der Waals surface area contributed by atoms with Gasteiger partial charge in [-0.15, -0.1) is 0 Å². The van der Waals surface area contributed by atoms with Crippen molar-refractivity contribution in [1.29, 1.82) is 0 Å². The molecule has 0 saturated carbocycles. The molecule has 3 aliphatic rings. The second kappa shape index (κ2) is 3.67. The van der Waals surface area contributed by atoms with Crippen molar-refractivity contribution in [2.75, 3.05) is 6.61 Å². The van der Waals surface area contributed by atoms with Gasteiger partial charge in [-0.3, -0.25) is 0 Å². The highest BCUT2D eigenvalue weighted by Crippen LogP contribution is 2.48. The average Bonchev–Trinajstić information content (AvgIpc) is 2.70. The van der Waals surface area contributed by atoms with Crippen LogP contribution in [-0.2, 0) is 23.7 Å². The Labute approximate surface area is 108 Å². The summed E-state index contributed by atoms with van der Waals surface area (Å²) >= 11 is 0. The monoisotopic (exact) mass is 258 g/mol.